The van der Waals surface area contributed by atoms with E-state index >= 15 is 0 Å². The molecule has 1 unspecified atom stereocenters. The van der Waals surface area contributed by atoms with Crippen LogP contribution in [0.15, 0.2) is 29.2 Å². The fraction of sp³-hybridized carbons (Fsp3) is 0.417. The molecule has 1 saturated heterocycles. The predicted molar refractivity (Wildman–Crippen MR) is 78.3 cm³/mol. The van der Waals surface area contributed by atoms with Gasteiger partial charge in [-0.05, 0) is 59.7 Å². The first kappa shape index (κ1) is 14.7. The molecule has 0 aliphatic carbocycles. The maximum Gasteiger partial charge on any atom is 0.304 e. The molecule has 1 atom stereocenters. The average Bonchev–Trinajstić information content (AvgIpc) is 2.77. The minimum Gasteiger partial charge on any atom is -0.481 e. The van der Waals surface area contributed by atoms with E-state index in [0.29, 0.717) is 19.4 Å². The SMILES string of the molecule is O=C(O)CC1CCCN1S(=O)(=O)c1ccc(I)cc1. The van der Waals surface area contributed by atoms with Gasteiger partial charge in [0.1, 0.15) is 0 Å². The summed E-state index contributed by atoms with van der Waals surface area (Å²) in [6.07, 6.45) is 1.18. The van der Waals surface area contributed by atoms with Crippen LogP contribution in [0.2, 0.25) is 0 Å². The molecule has 0 amide bonds. The van der Waals surface area contributed by atoms with Crippen molar-refractivity contribution in [1.82, 2.24) is 4.31 Å². The second-order valence-electron chi connectivity index (χ2n) is 4.46. The second-order valence-corrected chi connectivity index (χ2v) is 7.60. The Morgan fingerprint density at radius 1 is 1.37 bits per heavy atom. The van der Waals surface area contributed by atoms with Gasteiger partial charge >= 0.3 is 5.97 Å². The molecule has 1 heterocycles. The third kappa shape index (κ3) is 3.26. The van der Waals surface area contributed by atoms with Crippen LogP contribution in [0.4, 0.5) is 0 Å². The summed E-state index contributed by atoms with van der Waals surface area (Å²) in [7, 11) is -3.58. The Kier molecular flexibility index (Phi) is 4.46. The Hall–Kier alpha value is -0.670. The van der Waals surface area contributed by atoms with E-state index in [0.717, 1.165) is 3.57 Å². The molecule has 2 rings (SSSR count). The van der Waals surface area contributed by atoms with Crippen LogP contribution in [0.25, 0.3) is 0 Å². The van der Waals surface area contributed by atoms with Crippen LogP contribution in [-0.4, -0.2) is 36.4 Å². The van der Waals surface area contributed by atoms with Crippen molar-refractivity contribution in [2.45, 2.75) is 30.2 Å². The zero-order chi connectivity index (χ0) is 14.0. The number of benzene rings is 1. The molecule has 0 aromatic heterocycles. The maximum atomic E-state index is 12.5. The van der Waals surface area contributed by atoms with Gasteiger partial charge in [0, 0.05) is 16.2 Å². The average molecular weight is 395 g/mol. The lowest BCUT2D eigenvalue weighted by atomic mass is 10.2. The van der Waals surface area contributed by atoms with Crippen LogP contribution in [0.1, 0.15) is 19.3 Å². The van der Waals surface area contributed by atoms with Crippen molar-refractivity contribution in [1.29, 1.82) is 0 Å². The molecule has 0 radical (unpaired) electrons. The standard InChI is InChI=1S/C12H14INO4S/c13-9-3-5-11(6-4-9)19(17,18)14-7-1-2-10(14)8-12(15)16/h3-6,10H,1-2,7-8H2,(H,15,16). The van der Waals surface area contributed by atoms with Gasteiger partial charge in [-0.25, -0.2) is 8.42 Å². The molecule has 1 fully saturated rings. The predicted octanol–water partition coefficient (Wildman–Crippen LogP) is 1.92. The zero-order valence-corrected chi connectivity index (χ0v) is 13.1. The molecule has 1 aliphatic heterocycles. The fourth-order valence-electron chi connectivity index (χ4n) is 2.27. The van der Waals surface area contributed by atoms with Gasteiger partial charge in [0.2, 0.25) is 10.0 Å². The van der Waals surface area contributed by atoms with E-state index in [9.17, 15) is 13.2 Å². The van der Waals surface area contributed by atoms with Crippen molar-refractivity contribution in [2.75, 3.05) is 6.54 Å². The lowest BCUT2D eigenvalue weighted by Crippen LogP contribution is -2.36. The highest BCUT2D eigenvalue weighted by atomic mass is 127. The Morgan fingerprint density at radius 3 is 2.58 bits per heavy atom. The van der Waals surface area contributed by atoms with Crippen molar-refractivity contribution >= 4 is 38.6 Å². The lowest BCUT2D eigenvalue weighted by Gasteiger charge is -2.22. The number of halogens is 1. The summed E-state index contributed by atoms with van der Waals surface area (Å²) < 4.78 is 27.2. The molecular weight excluding hydrogens is 381 g/mol. The van der Waals surface area contributed by atoms with E-state index in [1.807, 2.05) is 0 Å². The highest BCUT2D eigenvalue weighted by Crippen LogP contribution is 2.28. The van der Waals surface area contributed by atoms with Crippen molar-refractivity contribution in [3.63, 3.8) is 0 Å². The molecule has 1 aromatic carbocycles. The molecule has 19 heavy (non-hydrogen) atoms. The largest absolute Gasteiger partial charge is 0.481 e. The van der Waals surface area contributed by atoms with Crippen molar-refractivity contribution in [2.24, 2.45) is 0 Å². The molecule has 5 nitrogen and oxygen atoms in total. The summed E-state index contributed by atoms with van der Waals surface area (Å²) >= 11 is 2.11. The summed E-state index contributed by atoms with van der Waals surface area (Å²) in [4.78, 5) is 11.0. The van der Waals surface area contributed by atoms with Crippen LogP contribution >= 0.6 is 22.6 Å². The first-order valence-corrected chi connectivity index (χ1v) is 8.42. The van der Waals surface area contributed by atoms with Gasteiger partial charge in [-0.15, -0.1) is 0 Å². The zero-order valence-electron chi connectivity index (χ0n) is 10.1. The van der Waals surface area contributed by atoms with Crippen LogP contribution < -0.4 is 0 Å². The third-order valence-electron chi connectivity index (χ3n) is 3.15. The summed E-state index contributed by atoms with van der Waals surface area (Å²) in [6.45, 7) is 0.395. The Labute approximate surface area is 125 Å². The third-order valence-corrected chi connectivity index (χ3v) is 5.84. The van der Waals surface area contributed by atoms with Crippen molar-refractivity contribution in [3.8, 4) is 0 Å². The Bertz CT molecular complexity index is 570. The maximum absolute atomic E-state index is 12.5. The van der Waals surface area contributed by atoms with E-state index in [4.69, 9.17) is 5.11 Å². The van der Waals surface area contributed by atoms with E-state index in [-0.39, 0.29) is 11.3 Å². The van der Waals surface area contributed by atoms with Gasteiger partial charge in [-0.1, -0.05) is 0 Å². The molecule has 0 saturated carbocycles. The van der Waals surface area contributed by atoms with Crippen LogP contribution in [-0.2, 0) is 14.8 Å². The van der Waals surface area contributed by atoms with Crippen LogP contribution in [0.5, 0.6) is 0 Å². The Balaban J connectivity index is 2.28. The van der Waals surface area contributed by atoms with Crippen LogP contribution in [0, 0.1) is 3.57 Å². The summed E-state index contributed by atoms with van der Waals surface area (Å²) in [5, 5.41) is 8.84. The van der Waals surface area contributed by atoms with E-state index in [2.05, 4.69) is 22.6 Å². The van der Waals surface area contributed by atoms with Crippen molar-refractivity contribution < 1.29 is 18.3 Å². The number of carboxylic acids is 1. The Morgan fingerprint density at radius 2 is 2.00 bits per heavy atom. The summed E-state index contributed by atoms with van der Waals surface area (Å²) in [5.74, 6) is -0.963. The highest BCUT2D eigenvalue weighted by molar-refractivity contribution is 14.1. The molecule has 1 aromatic rings. The van der Waals surface area contributed by atoms with E-state index in [1.54, 1.807) is 24.3 Å². The van der Waals surface area contributed by atoms with Gasteiger partial charge < -0.3 is 5.11 Å². The molecule has 0 bridgehead atoms. The molecular formula is C12H14INO4S. The first-order chi connectivity index (χ1) is 8.91. The number of rotatable bonds is 4. The van der Waals surface area contributed by atoms with Gasteiger partial charge in [-0.2, -0.15) is 4.31 Å². The smallest absolute Gasteiger partial charge is 0.304 e. The molecule has 104 valence electrons. The van der Waals surface area contributed by atoms with Crippen LogP contribution in [0.3, 0.4) is 0 Å². The monoisotopic (exact) mass is 395 g/mol. The fourth-order valence-corrected chi connectivity index (χ4v) is 4.33. The normalized spacial score (nSPS) is 20.6. The van der Waals surface area contributed by atoms with E-state index in [1.165, 1.54) is 4.31 Å². The molecule has 1 N–H and O–H groups in total. The first-order valence-electron chi connectivity index (χ1n) is 5.90. The number of carboxylic acid groups (broad SMARTS) is 1. The van der Waals surface area contributed by atoms with Gasteiger partial charge in [0.25, 0.3) is 0 Å². The topological polar surface area (TPSA) is 74.7 Å². The number of aliphatic carboxylic acids is 1. The number of hydrogen-bond acceptors (Lipinski definition) is 3. The van der Waals surface area contributed by atoms with Crippen molar-refractivity contribution in [3.05, 3.63) is 27.8 Å². The number of carbonyl (C=O) groups is 1. The highest BCUT2D eigenvalue weighted by Gasteiger charge is 2.36. The molecule has 7 heteroatoms. The number of hydrogen-bond donors (Lipinski definition) is 1. The molecule has 1 aliphatic rings. The summed E-state index contributed by atoms with van der Waals surface area (Å²) in [5.41, 5.74) is 0. The van der Waals surface area contributed by atoms with E-state index < -0.39 is 22.0 Å². The molecule has 0 spiro atoms. The number of nitrogens with zero attached hydrogens (tertiary/aromatic N) is 1. The summed E-state index contributed by atoms with van der Waals surface area (Å²) in [6, 6.07) is 6.16. The minimum atomic E-state index is -3.58. The lowest BCUT2D eigenvalue weighted by molar-refractivity contribution is -0.137. The minimum absolute atomic E-state index is 0.135. The van der Waals surface area contributed by atoms with Gasteiger partial charge in [0.05, 0.1) is 11.3 Å². The number of sulfonamides is 1. The van der Waals surface area contributed by atoms with Gasteiger partial charge in [-0.3, -0.25) is 4.79 Å². The quantitative estimate of drug-likeness (QED) is 0.791. The second kappa shape index (κ2) is 5.76. The van der Waals surface area contributed by atoms with Gasteiger partial charge in [0.15, 0.2) is 0 Å².